The lowest BCUT2D eigenvalue weighted by atomic mass is 9.77. The Balaban J connectivity index is 1.18. The number of carbonyl (C=O) groups is 2. The van der Waals surface area contributed by atoms with Crippen LogP contribution < -0.4 is 10.2 Å². The largest absolute Gasteiger partial charge is 0.339 e. The maximum absolute atomic E-state index is 13.5. The molecule has 1 aromatic heterocycles. The van der Waals surface area contributed by atoms with Gasteiger partial charge in [0.15, 0.2) is 0 Å². The van der Waals surface area contributed by atoms with Gasteiger partial charge in [-0.05, 0) is 49.1 Å². The van der Waals surface area contributed by atoms with Crippen molar-refractivity contribution >= 4 is 23.5 Å². The summed E-state index contributed by atoms with van der Waals surface area (Å²) in [4.78, 5) is 39.0. The SMILES string of the molecule is Cc1cccc(C2(C(=O)Nc3ccc(CC(=O)N4CCN(c5ncccn5)CC4)cc3)CCCC2)c1. The minimum atomic E-state index is -0.465. The van der Waals surface area contributed by atoms with Crippen molar-refractivity contribution in [1.82, 2.24) is 14.9 Å². The molecule has 2 heterocycles. The Kier molecular flexibility index (Phi) is 6.98. The molecule has 186 valence electrons. The van der Waals surface area contributed by atoms with E-state index in [9.17, 15) is 9.59 Å². The Labute approximate surface area is 212 Å². The first kappa shape index (κ1) is 24.0. The zero-order valence-corrected chi connectivity index (χ0v) is 20.8. The minimum absolute atomic E-state index is 0.0645. The molecule has 0 spiro atoms. The molecule has 0 atom stereocenters. The fourth-order valence-corrected chi connectivity index (χ4v) is 5.42. The molecule has 1 saturated carbocycles. The fraction of sp³-hybridized carbons (Fsp3) is 0.379. The maximum Gasteiger partial charge on any atom is 0.235 e. The third-order valence-electron chi connectivity index (χ3n) is 7.50. The molecule has 1 aliphatic heterocycles. The van der Waals surface area contributed by atoms with E-state index in [1.807, 2.05) is 35.2 Å². The minimum Gasteiger partial charge on any atom is -0.339 e. The maximum atomic E-state index is 13.5. The van der Waals surface area contributed by atoms with Gasteiger partial charge >= 0.3 is 0 Å². The van der Waals surface area contributed by atoms with Gasteiger partial charge in [0.05, 0.1) is 11.8 Å². The summed E-state index contributed by atoms with van der Waals surface area (Å²) in [5.74, 6) is 0.892. The first-order chi connectivity index (χ1) is 17.5. The number of hydrogen-bond donors (Lipinski definition) is 1. The molecule has 1 saturated heterocycles. The Morgan fingerprint density at radius 2 is 1.61 bits per heavy atom. The average Bonchev–Trinajstić information content (AvgIpc) is 3.42. The summed E-state index contributed by atoms with van der Waals surface area (Å²) in [5, 5.41) is 3.16. The number of rotatable bonds is 6. The van der Waals surface area contributed by atoms with E-state index < -0.39 is 5.41 Å². The van der Waals surface area contributed by atoms with Crippen LogP contribution in [0.3, 0.4) is 0 Å². The van der Waals surface area contributed by atoms with Crippen LogP contribution in [0.4, 0.5) is 11.6 Å². The van der Waals surface area contributed by atoms with Gasteiger partial charge in [-0.3, -0.25) is 9.59 Å². The number of benzene rings is 2. The van der Waals surface area contributed by atoms with Gasteiger partial charge in [-0.1, -0.05) is 54.8 Å². The van der Waals surface area contributed by atoms with Gasteiger partial charge in [-0.15, -0.1) is 0 Å². The molecule has 1 aliphatic carbocycles. The van der Waals surface area contributed by atoms with Crippen molar-refractivity contribution < 1.29 is 9.59 Å². The lowest BCUT2D eigenvalue weighted by Crippen LogP contribution is -2.49. The number of aryl methyl sites for hydroxylation is 1. The quantitative estimate of drug-likeness (QED) is 0.571. The number of carbonyl (C=O) groups excluding carboxylic acids is 2. The van der Waals surface area contributed by atoms with E-state index in [2.05, 4.69) is 45.3 Å². The molecule has 7 nitrogen and oxygen atoms in total. The predicted octanol–water partition coefficient (Wildman–Crippen LogP) is 4.13. The van der Waals surface area contributed by atoms with Crippen LogP contribution in [-0.2, 0) is 21.4 Å². The number of anilines is 2. The monoisotopic (exact) mass is 483 g/mol. The van der Waals surface area contributed by atoms with Crippen molar-refractivity contribution in [3.63, 3.8) is 0 Å². The Bertz CT molecular complexity index is 1200. The van der Waals surface area contributed by atoms with Crippen LogP contribution >= 0.6 is 0 Å². The molecule has 0 radical (unpaired) electrons. The second-order valence-electron chi connectivity index (χ2n) is 9.90. The standard InChI is InChI=1S/C29H33N5O2/c1-22-6-4-7-24(20-22)29(12-2-3-13-29)27(36)32-25-10-8-23(9-11-25)21-26(35)33-16-18-34(19-17-33)28-30-14-5-15-31-28/h4-11,14-15,20H,2-3,12-13,16-19,21H2,1H3,(H,32,36). The summed E-state index contributed by atoms with van der Waals surface area (Å²) in [5.41, 5.74) is 3.54. The first-order valence-corrected chi connectivity index (χ1v) is 12.8. The van der Waals surface area contributed by atoms with E-state index in [1.54, 1.807) is 18.5 Å². The van der Waals surface area contributed by atoms with Crippen LogP contribution in [0.25, 0.3) is 0 Å². The Hall–Kier alpha value is -3.74. The molecule has 2 fully saturated rings. The number of aromatic nitrogens is 2. The number of nitrogens with zero attached hydrogens (tertiary/aromatic N) is 4. The van der Waals surface area contributed by atoms with E-state index in [0.717, 1.165) is 55.6 Å². The Morgan fingerprint density at radius 3 is 2.28 bits per heavy atom. The van der Waals surface area contributed by atoms with Crippen molar-refractivity contribution in [2.75, 3.05) is 36.4 Å². The Morgan fingerprint density at radius 1 is 0.917 bits per heavy atom. The topological polar surface area (TPSA) is 78.4 Å². The lowest BCUT2D eigenvalue weighted by molar-refractivity contribution is -0.130. The van der Waals surface area contributed by atoms with Crippen molar-refractivity contribution in [2.45, 2.75) is 44.4 Å². The smallest absolute Gasteiger partial charge is 0.235 e. The highest BCUT2D eigenvalue weighted by molar-refractivity contribution is 5.99. The van der Waals surface area contributed by atoms with Crippen LogP contribution in [0.1, 0.15) is 42.4 Å². The van der Waals surface area contributed by atoms with Gasteiger partial charge < -0.3 is 15.1 Å². The van der Waals surface area contributed by atoms with Crippen LogP contribution in [0, 0.1) is 6.92 Å². The molecular formula is C29H33N5O2. The highest BCUT2D eigenvalue weighted by atomic mass is 16.2. The highest BCUT2D eigenvalue weighted by Crippen LogP contribution is 2.42. The van der Waals surface area contributed by atoms with E-state index in [1.165, 1.54) is 5.56 Å². The molecule has 0 unspecified atom stereocenters. The second-order valence-corrected chi connectivity index (χ2v) is 9.90. The summed E-state index contributed by atoms with van der Waals surface area (Å²) >= 11 is 0. The van der Waals surface area contributed by atoms with E-state index in [0.29, 0.717) is 25.5 Å². The molecule has 7 heteroatoms. The number of amides is 2. The molecule has 3 aromatic rings. The zero-order valence-electron chi connectivity index (χ0n) is 20.8. The van der Waals surface area contributed by atoms with Gasteiger partial charge in [0, 0.05) is 44.3 Å². The van der Waals surface area contributed by atoms with Crippen molar-refractivity contribution in [3.8, 4) is 0 Å². The molecular weight excluding hydrogens is 450 g/mol. The van der Waals surface area contributed by atoms with Gasteiger partial charge in [0.1, 0.15) is 0 Å². The predicted molar refractivity (Wildman–Crippen MR) is 141 cm³/mol. The molecule has 2 amide bonds. The molecule has 0 bridgehead atoms. The van der Waals surface area contributed by atoms with Gasteiger partial charge in [-0.25, -0.2) is 9.97 Å². The number of nitrogens with one attached hydrogen (secondary N) is 1. The summed E-state index contributed by atoms with van der Waals surface area (Å²) in [6.45, 7) is 4.84. The highest BCUT2D eigenvalue weighted by Gasteiger charge is 2.42. The normalized spacial score (nSPS) is 17.1. The van der Waals surface area contributed by atoms with Crippen molar-refractivity contribution in [3.05, 3.63) is 83.7 Å². The average molecular weight is 484 g/mol. The molecule has 2 aliphatic rings. The van der Waals surface area contributed by atoms with E-state index >= 15 is 0 Å². The van der Waals surface area contributed by atoms with Crippen LogP contribution in [0.5, 0.6) is 0 Å². The van der Waals surface area contributed by atoms with Gasteiger partial charge in [-0.2, -0.15) is 0 Å². The van der Waals surface area contributed by atoms with E-state index in [-0.39, 0.29) is 11.8 Å². The van der Waals surface area contributed by atoms with Gasteiger partial charge in [0.25, 0.3) is 0 Å². The number of hydrogen-bond acceptors (Lipinski definition) is 5. The molecule has 5 rings (SSSR count). The van der Waals surface area contributed by atoms with Gasteiger partial charge in [0.2, 0.25) is 17.8 Å². The van der Waals surface area contributed by atoms with Crippen LogP contribution in [-0.4, -0.2) is 52.9 Å². The summed E-state index contributed by atoms with van der Waals surface area (Å²) in [6, 6.07) is 17.8. The van der Waals surface area contributed by atoms with Crippen LogP contribution in [0.15, 0.2) is 67.0 Å². The first-order valence-electron chi connectivity index (χ1n) is 12.8. The van der Waals surface area contributed by atoms with Crippen molar-refractivity contribution in [2.24, 2.45) is 0 Å². The molecule has 2 aromatic carbocycles. The summed E-state index contributed by atoms with van der Waals surface area (Å²) in [7, 11) is 0. The fourth-order valence-electron chi connectivity index (χ4n) is 5.42. The zero-order chi connectivity index (χ0) is 25.0. The van der Waals surface area contributed by atoms with Crippen molar-refractivity contribution in [1.29, 1.82) is 0 Å². The summed E-state index contributed by atoms with van der Waals surface area (Å²) in [6.07, 6.45) is 7.70. The lowest BCUT2D eigenvalue weighted by Gasteiger charge is -2.34. The van der Waals surface area contributed by atoms with E-state index in [4.69, 9.17) is 0 Å². The van der Waals surface area contributed by atoms with Crippen LogP contribution in [0.2, 0.25) is 0 Å². The third-order valence-corrected chi connectivity index (χ3v) is 7.50. The number of piperazine rings is 1. The molecule has 36 heavy (non-hydrogen) atoms. The molecule has 1 N–H and O–H groups in total. The third kappa shape index (κ3) is 5.10. The second kappa shape index (κ2) is 10.5. The summed E-state index contributed by atoms with van der Waals surface area (Å²) < 4.78 is 0.